The molecule has 3 rings (SSSR count). The van der Waals surface area contributed by atoms with Crippen molar-refractivity contribution >= 4 is 22.9 Å². The Morgan fingerprint density at radius 2 is 2.41 bits per heavy atom. The number of pyridine rings is 1. The number of thiazole rings is 1. The van der Waals surface area contributed by atoms with Gasteiger partial charge in [-0.15, -0.1) is 16.4 Å². The molecular weight excluding hydrogens is 234 g/mol. The zero-order chi connectivity index (χ0) is 11.7. The lowest BCUT2D eigenvalue weighted by atomic mass is 10.3. The average molecular weight is 245 g/mol. The van der Waals surface area contributed by atoms with Gasteiger partial charge in [0, 0.05) is 17.8 Å². The van der Waals surface area contributed by atoms with E-state index in [1.807, 2.05) is 30.6 Å². The molecule has 0 radical (unpaired) electrons. The summed E-state index contributed by atoms with van der Waals surface area (Å²) in [5.41, 5.74) is 2.03. The van der Waals surface area contributed by atoms with Gasteiger partial charge in [0.15, 0.2) is 5.65 Å². The third kappa shape index (κ3) is 2.12. The van der Waals surface area contributed by atoms with E-state index < -0.39 is 0 Å². The molecule has 86 valence electrons. The maximum atomic E-state index is 4.39. The quantitative estimate of drug-likeness (QED) is 0.767. The van der Waals surface area contributed by atoms with Crippen LogP contribution in [-0.2, 0) is 6.54 Å². The number of anilines is 1. The van der Waals surface area contributed by atoms with Gasteiger partial charge in [-0.3, -0.25) is 0 Å². The number of nitrogens with one attached hydrogen (secondary N) is 1. The molecule has 3 aromatic rings. The van der Waals surface area contributed by atoms with E-state index in [2.05, 4.69) is 20.4 Å². The van der Waals surface area contributed by atoms with Crippen molar-refractivity contribution in [2.45, 2.75) is 13.5 Å². The minimum Gasteiger partial charge on any atom is -0.346 e. The lowest BCUT2D eigenvalue weighted by molar-refractivity contribution is 0.945. The van der Waals surface area contributed by atoms with E-state index in [0.29, 0.717) is 12.5 Å². The molecule has 0 aliphatic rings. The highest BCUT2D eigenvalue weighted by Gasteiger charge is 2.03. The second-order valence-electron chi connectivity index (χ2n) is 3.72. The zero-order valence-corrected chi connectivity index (χ0v) is 10.1. The topological polar surface area (TPSA) is 55.1 Å². The Bertz CT molecular complexity index is 628. The molecule has 0 bridgehead atoms. The first-order valence-electron chi connectivity index (χ1n) is 5.26. The Morgan fingerprint density at radius 1 is 1.47 bits per heavy atom. The van der Waals surface area contributed by atoms with Gasteiger partial charge in [0.1, 0.15) is 5.01 Å². The summed E-state index contributed by atoms with van der Waals surface area (Å²) < 4.78 is 1.76. The number of nitrogens with zero attached hydrogens (tertiary/aromatic N) is 4. The number of fused-ring (bicyclic) bond motifs is 1. The van der Waals surface area contributed by atoms with Gasteiger partial charge < -0.3 is 5.32 Å². The number of aryl methyl sites for hydroxylation is 1. The van der Waals surface area contributed by atoms with E-state index in [1.54, 1.807) is 22.0 Å². The predicted molar refractivity (Wildman–Crippen MR) is 67.2 cm³/mol. The van der Waals surface area contributed by atoms with Gasteiger partial charge in [-0.25, -0.2) is 9.50 Å². The van der Waals surface area contributed by atoms with Gasteiger partial charge in [-0.2, -0.15) is 4.98 Å². The van der Waals surface area contributed by atoms with Crippen LogP contribution in [0, 0.1) is 6.92 Å². The minimum atomic E-state index is 0.630. The summed E-state index contributed by atoms with van der Waals surface area (Å²) in [5.74, 6) is 0.630. The predicted octanol–water partition coefficient (Wildman–Crippen LogP) is 2.11. The fraction of sp³-hybridized carbons (Fsp3) is 0.182. The van der Waals surface area contributed by atoms with E-state index in [1.165, 1.54) is 5.56 Å². The molecule has 0 aromatic carbocycles. The van der Waals surface area contributed by atoms with Crippen molar-refractivity contribution in [3.8, 4) is 0 Å². The Labute approximate surface area is 102 Å². The average Bonchev–Trinajstić information content (AvgIpc) is 2.94. The van der Waals surface area contributed by atoms with Gasteiger partial charge in [-0.05, 0) is 24.6 Å². The molecule has 3 heterocycles. The number of hydrogen-bond acceptors (Lipinski definition) is 5. The highest BCUT2D eigenvalue weighted by molar-refractivity contribution is 7.09. The van der Waals surface area contributed by atoms with E-state index >= 15 is 0 Å². The van der Waals surface area contributed by atoms with Crippen LogP contribution in [0.3, 0.4) is 0 Å². The molecule has 0 unspecified atom stereocenters. The van der Waals surface area contributed by atoms with Gasteiger partial charge in [0.05, 0.1) is 6.54 Å². The first-order chi connectivity index (χ1) is 8.31. The van der Waals surface area contributed by atoms with E-state index in [9.17, 15) is 0 Å². The summed E-state index contributed by atoms with van der Waals surface area (Å²) in [6.07, 6.45) is 3.70. The molecule has 0 saturated carbocycles. The Balaban J connectivity index is 1.81. The van der Waals surface area contributed by atoms with Crippen LogP contribution in [0.5, 0.6) is 0 Å². The summed E-state index contributed by atoms with van der Waals surface area (Å²) >= 11 is 1.62. The van der Waals surface area contributed by atoms with Crippen molar-refractivity contribution in [3.63, 3.8) is 0 Å². The molecule has 0 aliphatic heterocycles. The first-order valence-corrected chi connectivity index (χ1v) is 6.14. The maximum absolute atomic E-state index is 4.39. The highest BCUT2D eigenvalue weighted by atomic mass is 32.1. The molecule has 3 aromatic heterocycles. The molecule has 1 N–H and O–H groups in total. The normalized spacial score (nSPS) is 10.9. The Kier molecular flexibility index (Phi) is 2.49. The summed E-state index contributed by atoms with van der Waals surface area (Å²) in [6, 6.07) is 4.01. The fourth-order valence-electron chi connectivity index (χ4n) is 1.55. The van der Waals surface area contributed by atoms with E-state index in [-0.39, 0.29) is 0 Å². The van der Waals surface area contributed by atoms with Crippen LogP contribution in [0.15, 0.2) is 29.9 Å². The minimum absolute atomic E-state index is 0.630. The maximum Gasteiger partial charge on any atom is 0.243 e. The van der Waals surface area contributed by atoms with E-state index in [0.717, 1.165) is 10.7 Å². The monoisotopic (exact) mass is 245 g/mol. The number of hydrogen-bond donors (Lipinski definition) is 1. The molecular formula is C11H11N5S. The van der Waals surface area contributed by atoms with E-state index in [4.69, 9.17) is 0 Å². The van der Waals surface area contributed by atoms with Crippen molar-refractivity contribution in [2.24, 2.45) is 0 Å². The van der Waals surface area contributed by atoms with Crippen molar-refractivity contribution in [3.05, 3.63) is 40.5 Å². The molecule has 5 nitrogen and oxygen atoms in total. The second kappa shape index (κ2) is 4.14. The van der Waals surface area contributed by atoms with Crippen molar-refractivity contribution < 1.29 is 0 Å². The molecule has 0 fully saturated rings. The van der Waals surface area contributed by atoms with Crippen LogP contribution >= 0.6 is 11.3 Å². The zero-order valence-electron chi connectivity index (χ0n) is 9.29. The largest absolute Gasteiger partial charge is 0.346 e. The second-order valence-corrected chi connectivity index (χ2v) is 4.70. The third-order valence-electron chi connectivity index (χ3n) is 2.37. The molecule has 6 heteroatoms. The Morgan fingerprint density at radius 3 is 3.24 bits per heavy atom. The van der Waals surface area contributed by atoms with Crippen LogP contribution in [0.25, 0.3) is 5.65 Å². The molecule has 0 aliphatic carbocycles. The van der Waals surface area contributed by atoms with Gasteiger partial charge >= 0.3 is 0 Å². The van der Waals surface area contributed by atoms with Crippen LogP contribution in [0.1, 0.15) is 10.6 Å². The molecule has 0 spiro atoms. The summed E-state index contributed by atoms with van der Waals surface area (Å²) in [4.78, 5) is 8.58. The fourth-order valence-corrected chi connectivity index (χ4v) is 2.11. The first kappa shape index (κ1) is 10.2. The lowest BCUT2D eigenvalue weighted by Gasteiger charge is -1.95. The number of rotatable bonds is 3. The Hall–Kier alpha value is -1.95. The van der Waals surface area contributed by atoms with Gasteiger partial charge in [-0.1, -0.05) is 0 Å². The van der Waals surface area contributed by atoms with Crippen LogP contribution < -0.4 is 5.32 Å². The van der Waals surface area contributed by atoms with Crippen molar-refractivity contribution in [2.75, 3.05) is 5.32 Å². The summed E-state index contributed by atoms with van der Waals surface area (Å²) in [7, 11) is 0. The van der Waals surface area contributed by atoms with Gasteiger partial charge in [0.2, 0.25) is 5.95 Å². The SMILES string of the molecule is Cc1ccn2nc(NCc3nccs3)nc2c1. The molecule has 17 heavy (non-hydrogen) atoms. The summed E-state index contributed by atoms with van der Waals surface area (Å²) in [6.45, 7) is 2.70. The molecule has 0 atom stereocenters. The standard InChI is InChI=1S/C11H11N5S/c1-8-2-4-16-9(6-8)14-11(15-16)13-7-10-12-3-5-17-10/h2-6H,7H2,1H3,(H,13,15). The number of aromatic nitrogens is 4. The molecule has 0 saturated heterocycles. The van der Waals surface area contributed by atoms with Crippen LogP contribution in [0.2, 0.25) is 0 Å². The van der Waals surface area contributed by atoms with Gasteiger partial charge in [0.25, 0.3) is 0 Å². The smallest absolute Gasteiger partial charge is 0.243 e. The highest BCUT2D eigenvalue weighted by Crippen LogP contribution is 2.10. The van der Waals surface area contributed by atoms with Crippen LogP contribution in [0.4, 0.5) is 5.95 Å². The lowest BCUT2D eigenvalue weighted by Crippen LogP contribution is -2.00. The molecule has 0 amide bonds. The van der Waals surface area contributed by atoms with Crippen molar-refractivity contribution in [1.82, 2.24) is 19.6 Å². The summed E-state index contributed by atoms with van der Waals surface area (Å²) in [5, 5.41) is 10.5. The van der Waals surface area contributed by atoms with Crippen LogP contribution in [-0.4, -0.2) is 19.6 Å². The van der Waals surface area contributed by atoms with Crippen molar-refractivity contribution in [1.29, 1.82) is 0 Å². The third-order valence-corrected chi connectivity index (χ3v) is 3.15.